The smallest absolute Gasteiger partial charge is 0.289 e. The van der Waals surface area contributed by atoms with Crippen molar-refractivity contribution in [2.24, 2.45) is 5.92 Å². The number of carbonyl (C=O) groups is 1. The van der Waals surface area contributed by atoms with Gasteiger partial charge in [-0.2, -0.15) is 4.31 Å². The van der Waals surface area contributed by atoms with Gasteiger partial charge in [0.2, 0.25) is 10.0 Å². The average molecular weight is 478 g/mol. The third-order valence-electron chi connectivity index (χ3n) is 5.85. The molecule has 0 N–H and O–H groups in total. The molecule has 1 saturated carbocycles. The van der Waals surface area contributed by atoms with Gasteiger partial charge >= 0.3 is 0 Å². The Kier molecular flexibility index (Phi) is 6.50. The molecule has 0 spiro atoms. The second kappa shape index (κ2) is 9.17. The highest BCUT2D eigenvalue weighted by Crippen LogP contribution is 2.35. The number of anilines is 1. The average Bonchev–Trinajstić information content (AvgIpc) is 3.62. The van der Waals surface area contributed by atoms with Crippen molar-refractivity contribution in [2.75, 3.05) is 24.5 Å². The summed E-state index contributed by atoms with van der Waals surface area (Å²) in [5.74, 6) is -0.0850. The van der Waals surface area contributed by atoms with Crippen molar-refractivity contribution >= 4 is 38.9 Å². The van der Waals surface area contributed by atoms with Crippen LogP contribution in [0.4, 0.5) is 11.4 Å². The van der Waals surface area contributed by atoms with Gasteiger partial charge in [-0.05, 0) is 61.9 Å². The van der Waals surface area contributed by atoms with Crippen LogP contribution in [0.25, 0.3) is 0 Å². The molecular weight excluding hydrogens is 454 g/mol. The monoisotopic (exact) mass is 477 g/mol. The zero-order valence-corrected chi connectivity index (χ0v) is 19.0. The largest absolute Gasteiger partial charge is 0.308 e. The molecule has 1 saturated heterocycles. The maximum absolute atomic E-state index is 13.4. The molecule has 2 aromatic rings. The number of carbonyl (C=O) groups excluding carboxylic acids is 1. The van der Waals surface area contributed by atoms with Crippen molar-refractivity contribution in [3.63, 3.8) is 0 Å². The molecule has 2 aliphatic rings. The number of amides is 1. The fourth-order valence-corrected chi connectivity index (χ4v) is 5.62. The van der Waals surface area contributed by atoms with Crippen LogP contribution < -0.4 is 4.90 Å². The van der Waals surface area contributed by atoms with Crippen molar-refractivity contribution in [1.29, 1.82) is 0 Å². The fourth-order valence-electron chi connectivity index (χ4n) is 3.87. The maximum Gasteiger partial charge on any atom is 0.289 e. The Labute approximate surface area is 192 Å². The Hall–Kier alpha value is -2.49. The van der Waals surface area contributed by atoms with Crippen LogP contribution in [0.2, 0.25) is 5.02 Å². The number of piperidine rings is 1. The number of rotatable bonds is 7. The molecule has 1 heterocycles. The van der Waals surface area contributed by atoms with E-state index in [-0.39, 0.29) is 21.2 Å². The lowest BCUT2D eigenvalue weighted by Gasteiger charge is -2.26. The van der Waals surface area contributed by atoms with Gasteiger partial charge in [-0.1, -0.05) is 24.1 Å². The molecule has 2 fully saturated rings. The first-order valence-electron chi connectivity index (χ1n) is 10.6. The van der Waals surface area contributed by atoms with E-state index in [0.717, 1.165) is 32.1 Å². The summed E-state index contributed by atoms with van der Waals surface area (Å²) in [6.45, 7) is 1.35. The number of hydrogen-bond donors (Lipinski definition) is 0. The molecule has 0 bridgehead atoms. The number of sulfonamides is 1. The zero-order chi connectivity index (χ0) is 22.9. The van der Waals surface area contributed by atoms with Crippen LogP contribution in [0.5, 0.6) is 0 Å². The first-order chi connectivity index (χ1) is 15.3. The second-order valence-electron chi connectivity index (χ2n) is 8.24. The van der Waals surface area contributed by atoms with Crippen molar-refractivity contribution in [2.45, 2.75) is 37.0 Å². The van der Waals surface area contributed by atoms with E-state index in [1.54, 1.807) is 18.2 Å². The number of nitrogens with zero attached hydrogens (tertiary/aromatic N) is 3. The highest BCUT2D eigenvalue weighted by molar-refractivity contribution is 7.89. The maximum atomic E-state index is 13.4. The number of nitro groups is 1. The van der Waals surface area contributed by atoms with Crippen LogP contribution in [0.15, 0.2) is 47.4 Å². The Bertz CT molecular complexity index is 1140. The molecule has 8 nitrogen and oxygen atoms in total. The van der Waals surface area contributed by atoms with Crippen LogP contribution in [0.1, 0.15) is 42.5 Å². The molecule has 0 radical (unpaired) electrons. The van der Waals surface area contributed by atoms with Crippen LogP contribution in [-0.4, -0.2) is 43.2 Å². The minimum absolute atomic E-state index is 0.00723. The van der Waals surface area contributed by atoms with E-state index < -0.39 is 20.9 Å². The standard InChI is InChI=1S/C22H24ClN3O5S/c23-20-10-9-18(14-21(20)26(28)29)25(15-16-7-8-16)22(27)17-5-4-6-19(13-17)32(30,31)24-11-2-1-3-12-24/h4-6,9-10,13-14,16H,1-3,7-8,11-12,15H2. The summed E-state index contributed by atoms with van der Waals surface area (Å²) in [7, 11) is -3.69. The van der Waals surface area contributed by atoms with Gasteiger partial charge in [0.15, 0.2) is 0 Å². The first-order valence-corrected chi connectivity index (χ1v) is 12.4. The molecule has 0 atom stereocenters. The molecule has 10 heteroatoms. The molecule has 4 rings (SSSR count). The lowest BCUT2D eigenvalue weighted by molar-refractivity contribution is -0.384. The first kappa shape index (κ1) is 22.7. The van der Waals surface area contributed by atoms with Crippen molar-refractivity contribution in [3.8, 4) is 0 Å². The molecule has 1 aliphatic heterocycles. The summed E-state index contributed by atoms with van der Waals surface area (Å²) in [4.78, 5) is 25.7. The molecule has 32 heavy (non-hydrogen) atoms. The molecule has 2 aromatic carbocycles. The number of nitro benzene ring substituents is 1. The lowest BCUT2D eigenvalue weighted by Crippen LogP contribution is -2.36. The predicted molar refractivity (Wildman–Crippen MR) is 122 cm³/mol. The highest BCUT2D eigenvalue weighted by Gasteiger charge is 2.31. The normalized spacial score (nSPS) is 17.2. The Morgan fingerprint density at radius 1 is 1.12 bits per heavy atom. The summed E-state index contributed by atoms with van der Waals surface area (Å²) >= 11 is 5.94. The predicted octanol–water partition coefficient (Wildman–Crippen LogP) is 4.48. The van der Waals surface area contributed by atoms with E-state index >= 15 is 0 Å². The summed E-state index contributed by atoms with van der Waals surface area (Å²) < 4.78 is 27.6. The molecular formula is C22H24ClN3O5S. The molecule has 0 aromatic heterocycles. The lowest BCUT2D eigenvalue weighted by atomic mass is 10.1. The second-order valence-corrected chi connectivity index (χ2v) is 10.6. The number of halogens is 1. The van der Waals surface area contributed by atoms with Gasteiger partial charge < -0.3 is 4.90 Å². The molecule has 170 valence electrons. The quantitative estimate of drug-likeness (QED) is 0.432. The minimum Gasteiger partial charge on any atom is -0.308 e. The van der Waals surface area contributed by atoms with Gasteiger partial charge in [0.1, 0.15) is 5.02 Å². The van der Waals surface area contributed by atoms with Crippen LogP contribution in [0, 0.1) is 16.0 Å². The Balaban J connectivity index is 1.67. The van der Waals surface area contributed by atoms with E-state index in [0.29, 0.717) is 31.2 Å². The van der Waals surface area contributed by atoms with Gasteiger partial charge in [0, 0.05) is 31.3 Å². The van der Waals surface area contributed by atoms with E-state index in [9.17, 15) is 23.3 Å². The Morgan fingerprint density at radius 3 is 2.50 bits per heavy atom. The third kappa shape index (κ3) is 4.79. The third-order valence-corrected chi connectivity index (χ3v) is 8.07. The van der Waals surface area contributed by atoms with E-state index in [1.165, 1.54) is 33.5 Å². The van der Waals surface area contributed by atoms with Gasteiger partial charge in [0.25, 0.3) is 11.6 Å². The zero-order valence-electron chi connectivity index (χ0n) is 17.4. The molecule has 1 amide bonds. The van der Waals surface area contributed by atoms with Gasteiger partial charge in [-0.25, -0.2) is 8.42 Å². The van der Waals surface area contributed by atoms with Crippen LogP contribution in [0.3, 0.4) is 0 Å². The number of benzene rings is 2. The van der Waals surface area contributed by atoms with Gasteiger partial charge in [-0.15, -0.1) is 0 Å². The van der Waals surface area contributed by atoms with E-state index in [4.69, 9.17) is 11.6 Å². The van der Waals surface area contributed by atoms with E-state index in [1.807, 2.05) is 0 Å². The van der Waals surface area contributed by atoms with Crippen LogP contribution in [-0.2, 0) is 10.0 Å². The summed E-state index contributed by atoms with van der Waals surface area (Å²) in [5.41, 5.74) is 0.308. The van der Waals surface area contributed by atoms with Crippen molar-refractivity contribution < 1.29 is 18.1 Å². The van der Waals surface area contributed by atoms with Gasteiger partial charge in [0.05, 0.1) is 15.5 Å². The van der Waals surface area contributed by atoms with Gasteiger partial charge in [-0.3, -0.25) is 14.9 Å². The SMILES string of the molecule is O=C(c1cccc(S(=O)(=O)N2CCCCC2)c1)N(CC1CC1)c1ccc(Cl)c([N+](=O)[O-])c1. The van der Waals surface area contributed by atoms with E-state index in [2.05, 4.69) is 0 Å². The summed E-state index contributed by atoms with van der Waals surface area (Å²) in [6, 6.07) is 10.3. The van der Waals surface area contributed by atoms with Crippen molar-refractivity contribution in [1.82, 2.24) is 4.31 Å². The van der Waals surface area contributed by atoms with Crippen LogP contribution >= 0.6 is 11.6 Å². The molecule has 0 unspecified atom stereocenters. The fraction of sp³-hybridized carbons (Fsp3) is 0.409. The topological polar surface area (TPSA) is 101 Å². The Morgan fingerprint density at radius 2 is 1.84 bits per heavy atom. The summed E-state index contributed by atoms with van der Waals surface area (Å²) in [5, 5.41) is 11.3. The number of hydrogen-bond acceptors (Lipinski definition) is 5. The molecule has 1 aliphatic carbocycles. The van der Waals surface area contributed by atoms with Crippen molar-refractivity contribution in [3.05, 3.63) is 63.2 Å². The highest BCUT2D eigenvalue weighted by atomic mass is 35.5. The minimum atomic E-state index is -3.69. The summed E-state index contributed by atoms with van der Waals surface area (Å²) in [6.07, 6.45) is 4.60.